The van der Waals surface area contributed by atoms with E-state index < -0.39 is 0 Å². The van der Waals surface area contributed by atoms with Gasteiger partial charge >= 0.3 is 0 Å². The third-order valence-corrected chi connectivity index (χ3v) is 4.71. The van der Waals surface area contributed by atoms with E-state index in [4.69, 9.17) is 0 Å². The molecule has 98 valence electrons. The van der Waals surface area contributed by atoms with E-state index in [2.05, 4.69) is 41.5 Å². The molecule has 1 heterocycles. The summed E-state index contributed by atoms with van der Waals surface area (Å²) in [6.07, 6.45) is 6.54. The minimum absolute atomic E-state index is 0.657. The molecule has 1 N–H and O–H groups in total. The average molecular weight is 244 g/mol. The molecule has 18 heavy (non-hydrogen) atoms. The van der Waals surface area contributed by atoms with Crippen LogP contribution in [0.3, 0.4) is 0 Å². The van der Waals surface area contributed by atoms with E-state index in [0.29, 0.717) is 6.04 Å². The molecule has 2 unspecified atom stereocenters. The van der Waals surface area contributed by atoms with E-state index in [-0.39, 0.29) is 0 Å². The Morgan fingerprint density at radius 2 is 2.00 bits per heavy atom. The molecule has 0 aromatic heterocycles. The highest BCUT2D eigenvalue weighted by molar-refractivity contribution is 5.34. The van der Waals surface area contributed by atoms with Crippen molar-refractivity contribution in [1.29, 1.82) is 0 Å². The molecule has 0 amide bonds. The SMILES string of the molecule is CN(C1CCCNCC1)C1CCc2ccccc21. The van der Waals surface area contributed by atoms with Gasteiger partial charge in [0.25, 0.3) is 0 Å². The first-order valence-electron chi connectivity index (χ1n) is 7.37. The molecule has 2 atom stereocenters. The van der Waals surface area contributed by atoms with Gasteiger partial charge in [0, 0.05) is 12.1 Å². The van der Waals surface area contributed by atoms with Gasteiger partial charge in [-0.2, -0.15) is 0 Å². The van der Waals surface area contributed by atoms with Crippen molar-refractivity contribution in [2.24, 2.45) is 0 Å². The first kappa shape index (κ1) is 12.2. The largest absolute Gasteiger partial charge is 0.317 e. The van der Waals surface area contributed by atoms with Gasteiger partial charge in [-0.25, -0.2) is 0 Å². The van der Waals surface area contributed by atoms with Gasteiger partial charge in [0.2, 0.25) is 0 Å². The first-order chi connectivity index (χ1) is 8.86. The van der Waals surface area contributed by atoms with Crippen LogP contribution in [0.5, 0.6) is 0 Å². The number of fused-ring (bicyclic) bond motifs is 1. The molecule has 0 saturated carbocycles. The normalized spacial score (nSPS) is 28.1. The van der Waals surface area contributed by atoms with Gasteiger partial charge in [-0.15, -0.1) is 0 Å². The van der Waals surface area contributed by atoms with Crippen molar-refractivity contribution in [2.45, 2.75) is 44.2 Å². The second-order valence-electron chi connectivity index (χ2n) is 5.75. The fraction of sp³-hybridized carbons (Fsp3) is 0.625. The lowest BCUT2D eigenvalue weighted by Gasteiger charge is -2.33. The average Bonchev–Trinajstić information content (AvgIpc) is 2.65. The molecule has 0 spiro atoms. The Morgan fingerprint density at radius 1 is 1.11 bits per heavy atom. The van der Waals surface area contributed by atoms with Crippen molar-refractivity contribution >= 4 is 0 Å². The summed E-state index contributed by atoms with van der Waals surface area (Å²) in [4.78, 5) is 2.65. The van der Waals surface area contributed by atoms with Gasteiger partial charge in [-0.05, 0) is 63.4 Å². The predicted octanol–water partition coefficient (Wildman–Crippen LogP) is 2.75. The maximum atomic E-state index is 3.52. The summed E-state index contributed by atoms with van der Waals surface area (Å²) in [5.41, 5.74) is 3.15. The summed E-state index contributed by atoms with van der Waals surface area (Å²) in [7, 11) is 2.34. The molecule has 1 aliphatic carbocycles. The van der Waals surface area contributed by atoms with Gasteiger partial charge in [0.15, 0.2) is 0 Å². The van der Waals surface area contributed by atoms with E-state index in [1.165, 1.54) is 45.2 Å². The van der Waals surface area contributed by atoms with Gasteiger partial charge in [-0.3, -0.25) is 4.90 Å². The second kappa shape index (κ2) is 5.41. The molecular weight excluding hydrogens is 220 g/mol. The van der Waals surface area contributed by atoms with E-state index >= 15 is 0 Å². The Hall–Kier alpha value is -0.860. The number of hydrogen-bond acceptors (Lipinski definition) is 2. The summed E-state index contributed by atoms with van der Waals surface area (Å²) in [6.45, 7) is 2.38. The zero-order valence-corrected chi connectivity index (χ0v) is 11.4. The molecule has 1 aromatic carbocycles. The summed E-state index contributed by atoms with van der Waals surface area (Å²) >= 11 is 0. The Labute approximate surface area is 110 Å². The lowest BCUT2D eigenvalue weighted by atomic mass is 10.0. The number of hydrogen-bond donors (Lipinski definition) is 1. The van der Waals surface area contributed by atoms with Crippen molar-refractivity contribution < 1.29 is 0 Å². The highest BCUT2D eigenvalue weighted by Crippen LogP contribution is 2.36. The van der Waals surface area contributed by atoms with Crippen molar-refractivity contribution in [3.05, 3.63) is 35.4 Å². The molecule has 0 bridgehead atoms. The van der Waals surface area contributed by atoms with Crippen LogP contribution in [0.4, 0.5) is 0 Å². The fourth-order valence-electron chi connectivity index (χ4n) is 3.62. The van der Waals surface area contributed by atoms with Gasteiger partial charge in [0.1, 0.15) is 0 Å². The lowest BCUT2D eigenvalue weighted by Crippen LogP contribution is -2.35. The number of benzene rings is 1. The quantitative estimate of drug-likeness (QED) is 0.860. The topological polar surface area (TPSA) is 15.3 Å². The number of aryl methyl sites for hydroxylation is 1. The van der Waals surface area contributed by atoms with Crippen LogP contribution >= 0.6 is 0 Å². The molecular formula is C16H24N2. The Balaban J connectivity index is 1.75. The van der Waals surface area contributed by atoms with Crippen LogP contribution in [-0.2, 0) is 6.42 Å². The summed E-state index contributed by atoms with van der Waals surface area (Å²) in [6, 6.07) is 10.4. The molecule has 2 aliphatic rings. The van der Waals surface area contributed by atoms with Crippen LogP contribution in [-0.4, -0.2) is 31.1 Å². The second-order valence-corrected chi connectivity index (χ2v) is 5.75. The van der Waals surface area contributed by atoms with Crippen molar-refractivity contribution in [1.82, 2.24) is 10.2 Å². The van der Waals surface area contributed by atoms with Crippen LogP contribution in [0.1, 0.15) is 42.9 Å². The fourth-order valence-corrected chi connectivity index (χ4v) is 3.62. The molecule has 1 aliphatic heterocycles. The highest BCUT2D eigenvalue weighted by atomic mass is 15.2. The zero-order chi connectivity index (χ0) is 12.4. The summed E-state index contributed by atoms with van der Waals surface area (Å²) in [5, 5.41) is 3.52. The number of nitrogens with zero attached hydrogens (tertiary/aromatic N) is 1. The van der Waals surface area contributed by atoms with Crippen molar-refractivity contribution in [3.8, 4) is 0 Å². The van der Waals surface area contributed by atoms with Crippen LogP contribution in [0.15, 0.2) is 24.3 Å². The Kier molecular flexibility index (Phi) is 3.67. The van der Waals surface area contributed by atoms with Gasteiger partial charge in [0.05, 0.1) is 0 Å². The van der Waals surface area contributed by atoms with Crippen molar-refractivity contribution in [3.63, 3.8) is 0 Å². The molecule has 2 heteroatoms. The molecule has 1 saturated heterocycles. The Morgan fingerprint density at radius 3 is 2.94 bits per heavy atom. The van der Waals surface area contributed by atoms with E-state index in [1.807, 2.05) is 0 Å². The van der Waals surface area contributed by atoms with Crippen LogP contribution in [0, 0.1) is 0 Å². The smallest absolute Gasteiger partial charge is 0.0353 e. The van der Waals surface area contributed by atoms with E-state index in [1.54, 1.807) is 11.1 Å². The van der Waals surface area contributed by atoms with E-state index in [9.17, 15) is 0 Å². The molecule has 3 rings (SSSR count). The third kappa shape index (κ3) is 2.32. The standard InChI is InChI=1S/C16H24N2/c1-18(14-6-4-11-17-12-10-14)16-9-8-13-5-2-3-7-15(13)16/h2-3,5,7,14,16-17H,4,6,8-12H2,1H3. The molecule has 1 aromatic rings. The van der Waals surface area contributed by atoms with Gasteiger partial charge in [-0.1, -0.05) is 24.3 Å². The van der Waals surface area contributed by atoms with E-state index in [0.717, 1.165) is 6.04 Å². The highest BCUT2D eigenvalue weighted by Gasteiger charge is 2.29. The van der Waals surface area contributed by atoms with Crippen LogP contribution < -0.4 is 5.32 Å². The number of nitrogens with one attached hydrogen (secondary N) is 1. The monoisotopic (exact) mass is 244 g/mol. The Bertz CT molecular complexity index is 394. The predicted molar refractivity (Wildman–Crippen MR) is 75.8 cm³/mol. The summed E-state index contributed by atoms with van der Waals surface area (Å²) < 4.78 is 0. The maximum Gasteiger partial charge on any atom is 0.0353 e. The molecule has 0 radical (unpaired) electrons. The maximum absolute atomic E-state index is 3.52. The minimum Gasteiger partial charge on any atom is -0.317 e. The molecule has 1 fully saturated rings. The summed E-state index contributed by atoms with van der Waals surface area (Å²) in [5.74, 6) is 0. The first-order valence-corrected chi connectivity index (χ1v) is 7.37. The van der Waals surface area contributed by atoms with Crippen LogP contribution in [0.2, 0.25) is 0 Å². The van der Waals surface area contributed by atoms with Crippen LogP contribution in [0.25, 0.3) is 0 Å². The third-order valence-electron chi connectivity index (χ3n) is 4.71. The van der Waals surface area contributed by atoms with Gasteiger partial charge < -0.3 is 5.32 Å². The number of rotatable bonds is 2. The lowest BCUT2D eigenvalue weighted by molar-refractivity contribution is 0.160. The minimum atomic E-state index is 0.657. The molecule has 2 nitrogen and oxygen atoms in total. The van der Waals surface area contributed by atoms with Crippen molar-refractivity contribution in [2.75, 3.05) is 20.1 Å². The zero-order valence-electron chi connectivity index (χ0n) is 11.4.